The summed E-state index contributed by atoms with van der Waals surface area (Å²) in [6.07, 6.45) is 2.11. The second-order valence-corrected chi connectivity index (χ2v) is 11.3. The fourth-order valence-electron chi connectivity index (χ4n) is 5.14. The molecular formula is C22H21ClF3NO4S. The average Bonchev–Trinajstić information content (AvgIpc) is 2.99. The number of anilines is 1. The lowest BCUT2D eigenvalue weighted by Crippen LogP contribution is -2.44. The first-order valence-corrected chi connectivity index (χ1v) is 12.0. The summed E-state index contributed by atoms with van der Waals surface area (Å²) in [6, 6.07) is 4.93. The Hall–Kier alpha value is -2.10. The number of nitrogens with one attached hydrogen (secondary N) is 1. The standard InChI is InChI=1S/C22H21ClF3NO4S/c1-22(29)9-12-2-3-13(10-22)20(12)32(30,31)18-6-11(4-5-15(18)23)21(28)27-14-7-16(24)19(26)17(25)8-14/h4-8,12-13,20,29H,2-3,9-10H2,1H3,(H,27,28)/t12-,13?,20?,22-/m0/s1. The topological polar surface area (TPSA) is 83.5 Å². The number of amides is 1. The van der Waals surface area contributed by atoms with E-state index in [0.717, 1.165) is 6.07 Å². The molecule has 2 N–H and O–H groups in total. The lowest BCUT2D eigenvalue weighted by Gasteiger charge is -2.38. The predicted molar refractivity (Wildman–Crippen MR) is 113 cm³/mol. The van der Waals surface area contributed by atoms with E-state index >= 15 is 0 Å². The van der Waals surface area contributed by atoms with E-state index in [2.05, 4.69) is 5.32 Å². The number of hydrogen-bond acceptors (Lipinski definition) is 4. The van der Waals surface area contributed by atoms with Gasteiger partial charge in [-0.25, -0.2) is 21.6 Å². The Morgan fingerprint density at radius 3 is 2.22 bits per heavy atom. The van der Waals surface area contributed by atoms with E-state index in [-0.39, 0.29) is 33.0 Å². The first-order valence-electron chi connectivity index (χ1n) is 10.1. The van der Waals surface area contributed by atoms with E-state index in [1.54, 1.807) is 6.92 Å². The normalized spacial score (nSPS) is 27.4. The van der Waals surface area contributed by atoms with Crippen molar-refractivity contribution in [2.75, 3.05) is 5.32 Å². The van der Waals surface area contributed by atoms with E-state index in [4.69, 9.17) is 11.6 Å². The summed E-state index contributed by atoms with van der Waals surface area (Å²) in [5, 5.41) is 11.9. The summed E-state index contributed by atoms with van der Waals surface area (Å²) in [4.78, 5) is 12.4. The fraction of sp³-hybridized carbons (Fsp3) is 0.409. The van der Waals surface area contributed by atoms with Crippen LogP contribution in [0.2, 0.25) is 5.02 Å². The van der Waals surface area contributed by atoms with Crippen LogP contribution in [0.1, 0.15) is 43.0 Å². The third-order valence-electron chi connectivity index (χ3n) is 6.34. The van der Waals surface area contributed by atoms with Gasteiger partial charge in [-0.15, -0.1) is 0 Å². The number of hydrogen-bond donors (Lipinski definition) is 2. The zero-order chi connectivity index (χ0) is 23.4. The Morgan fingerprint density at radius 2 is 1.66 bits per heavy atom. The molecular weight excluding hydrogens is 467 g/mol. The number of aliphatic hydroxyl groups is 1. The molecule has 4 atom stereocenters. The fourth-order valence-corrected chi connectivity index (χ4v) is 7.98. The highest BCUT2D eigenvalue weighted by Gasteiger charge is 2.52. The molecule has 2 aromatic rings. The van der Waals surface area contributed by atoms with Crippen LogP contribution in [0.5, 0.6) is 0 Å². The van der Waals surface area contributed by atoms with Gasteiger partial charge in [-0.3, -0.25) is 4.79 Å². The molecule has 32 heavy (non-hydrogen) atoms. The third kappa shape index (κ3) is 4.13. The van der Waals surface area contributed by atoms with Gasteiger partial charge >= 0.3 is 0 Å². The van der Waals surface area contributed by atoms with Crippen LogP contribution >= 0.6 is 11.6 Å². The summed E-state index contributed by atoms with van der Waals surface area (Å²) in [5.41, 5.74) is -1.32. The number of halogens is 4. The summed E-state index contributed by atoms with van der Waals surface area (Å²) in [5.74, 6) is -5.87. The number of carbonyl (C=O) groups is 1. The summed E-state index contributed by atoms with van der Waals surface area (Å²) in [6.45, 7) is 1.71. The highest BCUT2D eigenvalue weighted by Crippen LogP contribution is 2.51. The molecule has 0 spiro atoms. The molecule has 2 unspecified atom stereocenters. The maximum atomic E-state index is 13.5. The number of carbonyl (C=O) groups excluding carboxylic acids is 1. The van der Waals surface area contributed by atoms with Crippen LogP contribution in [-0.2, 0) is 9.84 Å². The van der Waals surface area contributed by atoms with Gasteiger partial charge in [0, 0.05) is 23.4 Å². The van der Waals surface area contributed by atoms with Crippen molar-refractivity contribution in [1.82, 2.24) is 0 Å². The van der Waals surface area contributed by atoms with Crippen LogP contribution in [-0.4, -0.2) is 30.3 Å². The molecule has 2 aliphatic rings. The third-order valence-corrected chi connectivity index (χ3v) is 9.22. The Kier molecular flexibility index (Phi) is 5.80. The van der Waals surface area contributed by atoms with Crippen LogP contribution in [0, 0.1) is 29.3 Å². The monoisotopic (exact) mass is 487 g/mol. The van der Waals surface area contributed by atoms with Crippen molar-refractivity contribution >= 4 is 33.0 Å². The minimum absolute atomic E-state index is 0.0443. The average molecular weight is 488 g/mol. The Bertz CT molecular complexity index is 1160. The Morgan fingerprint density at radius 1 is 1.09 bits per heavy atom. The molecule has 0 aliphatic heterocycles. The van der Waals surface area contributed by atoms with E-state index in [1.807, 2.05) is 0 Å². The second-order valence-electron chi connectivity index (χ2n) is 8.87. The van der Waals surface area contributed by atoms with Gasteiger partial charge in [0.2, 0.25) is 0 Å². The SMILES string of the molecule is C[C@@]1(O)CC2CC[C@@H](C1)C2S(=O)(=O)c1cc(C(=O)Nc2cc(F)c(F)c(F)c2)ccc1Cl. The molecule has 4 rings (SSSR count). The van der Waals surface area contributed by atoms with Gasteiger partial charge in [0.1, 0.15) is 0 Å². The quantitative estimate of drug-likeness (QED) is 0.611. The molecule has 2 aliphatic carbocycles. The van der Waals surface area contributed by atoms with Gasteiger partial charge in [0.15, 0.2) is 27.3 Å². The zero-order valence-corrected chi connectivity index (χ0v) is 18.6. The van der Waals surface area contributed by atoms with Crippen molar-refractivity contribution in [2.45, 2.75) is 48.4 Å². The lowest BCUT2D eigenvalue weighted by atomic mass is 9.78. The van der Waals surface area contributed by atoms with Gasteiger partial charge in [0.25, 0.3) is 5.91 Å². The van der Waals surface area contributed by atoms with Crippen LogP contribution in [0.25, 0.3) is 0 Å². The molecule has 0 saturated heterocycles. The minimum Gasteiger partial charge on any atom is -0.390 e. The lowest BCUT2D eigenvalue weighted by molar-refractivity contribution is -0.00176. The summed E-state index contributed by atoms with van der Waals surface area (Å²) >= 11 is 6.19. The minimum atomic E-state index is -3.92. The highest BCUT2D eigenvalue weighted by atomic mass is 35.5. The molecule has 2 saturated carbocycles. The molecule has 2 bridgehead atoms. The van der Waals surface area contributed by atoms with E-state index < -0.39 is 44.0 Å². The molecule has 0 radical (unpaired) electrons. The number of rotatable bonds is 4. The first-order chi connectivity index (χ1) is 14.9. The maximum Gasteiger partial charge on any atom is 0.255 e. The second kappa shape index (κ2) is 8.04. The van der Waals surface area contributed by atoms with E-state index in [0.29, 0.717) is 37.8 Å². The molecule has 2 aromatic carbocycles. The maximum absolute atomic E-state index is 13.5. The Balaban J connectivity index is 1.64. The van der Waals surface area contributed by atoms with Crippen molar-refractivity contribution in [3.05, 3.63) is 58.4 Å². The van der Waals surface area contributed by atoms with Crippen LogP contribution in [0.15, 0.2) is 35.2 Å². The molecule has 5 nitrogen and oxygen atoms in total. The van der Waals surface area contributed by atoms with E-state index in [1.165, 1.54) is 12.1 Å². The van der Waals surface area contributed by atoms with Gasteiger partial charge in [-0.05, 0) is 62.6 Å². The highest BCUT2D eigenvalue weighted by molar-refractivity contribution is 7.92. The van der Waals surface area contributed by atoms with Gasteiger partial charge < -0.3 is 10.4 Å². The van der Waals surface area contributed by atoms with Crippen molar-refractivity contribution in [3.63, 3.8) is 0 Å². The van der Waals surface area contributed by atoms with Crippen molar-refractivity contribution in [2.24, 2.45) is 11.8 Å². The summed E-state index contributed by atoms with van der Waals surface area (Å²) in [7, 11) is -3.92. The van der Waals surface area contributed by atoms with Crippen LogP contribution < -0.4 is 5.32 Å². The molecule has 10 heteroatoms. The zero-order valence-electron chi connectivity index (χ0n) is 17.0. The summed E-state index contributed by atoms with van der Waals surface area (Å²) < 4.78 is 67.0. The number of sulfone groups is 1. The van der Waals surface area contributed by atoms with Crippen molar-refractivity contribution < 1.29 is 31.5 Å². The van der Waals surface area contributed by atoms with Crippen molar-refractivity contribution in [1.29, 1.82) is 0 Å². The first kappa shape index (κ1) is 23.1. The van der Waals surface area contributed by atoms with Gasteiger partial charge in [-0.2, -0.15) is 0 Å². The molecule has 172 valence electrons. The van der Waals surface area contributed by atoms with Gasteiger partial charge in [0.05, 0.1) is 20.8 Å². The molecule has 0 aromatic heterocycles. The van der Waals surface area contributed by atoms with Crippen molar-refractivity contribution in [3.8, 4) is 0 Å². The number of benzene rings is 2. The van der Waals surface area contributed by atoms with Crippen LogP contribution in [0.4, 0.5) is 18.9 Å². The van der Waals surface area contributed by atoms with E-state index in [9.17, 15) is 31.5 Å². The van der Waals surface area contributed by atoms with Crippen LogP contribution in [0.3, 0.4) is 0 Å². The smallest absolute Gasteiger partial charge is 0.255 e. The number of fused-ring (bicyclic) bond motifs is 2. The Labute approximate surface area is 188 Å². The molecule has 0 heterocycles. The largest absolute Gasteiger partial charge is 0.390 e. The van der Waals surface area contributed by atoms with Gasteiger partial charge in [-0.1, -0.05) is 11.6 Å². The molecule has 1 amide bonds. The molecule has 2 fully saturated rings. The predicted octanol–water partition coefficient (Wildman–Crippen LogP) is 4.72.